The summed E-state index contributed by atoms with van der Waals surface area (Å²) in [6.07, 6.45) is 3.22. The highest BCUT2D eigenvalue weighted by molar-refractivity contribution is 5.46. The van der Waals surface area contributed by atoms with Crippen molar-refractivity contribution in [3.63, 3.8) is 0 Å². The van der Waals surface area contributed by atoms with Crippen molar-refractivity contribution in [1.82, 2.24) is 0 Å². The molecule has 1 unspecified atom stereocenters. The van der Waals surface area contributed by atoms with E-state index in [1.54, 1.807) is 6.08 Å². The second-order valence-electron chi connectivity index (χ2n) is 3.66. The summed E-state index contributed by atoms with van der Waals surface area (Å²) in [6.45, 7) is 5.37. The van der Waals surface area contributed by atoms with Crippen LogP contribution in [0.2, 0.25) is 0 Å². The number of hydrogen-bond acceptors (Lipinski definition) is 1. The molecule has 16 heavy (non-hydrogen) atoms. The molecule has 0 aliphatic rings. The van der Waals surface area contributed by atoms with E-state index < -0.39 is 17.5 Å². The summed E-state index contributed by atoms with van der Waals surface area (Å²) in [5, 5.41) is 2.72. The molecule has 88 valence electrons. The van der Waals surface area contributed by atoms with E-state index in [4.69, 9.17) is 0 Å². The average molecular weight is 229 g/mol. The molecule has 4 heteroatoms. The SMILES string of the molecule is C=CCCC(C)Nc1cc(F)cc(F)c1F. The summed E-state index contributed by atoms with van der Waals surface area (Å²) < 4.78 is 39.0. The van der Waals surface area contributed by atoms with E-state index in [0.29, 0.717) is 6.07 Å². The first-order chi connectivity index (χ1) is 7.54. The van der Waals surface area contributed by atoms with E-state index in [1.165, 1.54) is 0 Å². The van der Waals surface area contributed by atoms with Gasteiger partial charge in [0.05, 0.1) is 5.69 Å². The average Bonchev–Trinajstić information content (AvgIpc) is 2.22. The number of nitrogens with one attached hydrogen (secondary N) is 1. The lowest BCUT2D eigenvalue weighted by Crippen LogP contribution is -2.16. The van der Waals surface area contributed by atoms with Gasteiger partial charge in [-0.25, -0.2) is 13.2 Å². The van der Waals surface area contributed by atoms with E-state index >= 15 is 0 Å². The van der Waals surface area contributed by atoms with Crippen LogP contribution in [0.3, 0.4) is 0 Å². The third-order valence-electron chi connectivity index (χ3n) is 2.20. The molecule has 0 aliphatic heterocycles. The molecular formula is C12H14F3N. The Morgan fingerprint density at radius 1 is 1.38 bits per heavy atom. The van der Waals surface area contributed by atoms with Crippen molar-refractivity contribution in [2.45, 2.75) is 25.8 Å². The van der Waals surface area contributed by atoms with Gasteiger partial charge in [0.1, 0.15) is 5.82 Å². The fourth-order valence-electron chi connectivity index (χ4n) is 1.37. The van der Waals surface area contributed by atoms with Gasteiger partial charge in [-0.05, 0) is 19.8 Å². The Balaban J connectivity index is 2.76. The zero-order chi connectivity index (χ0) is 12.1. The van der Waals surface area contributed by atoms with Crippen molar-refractivity contribution in [2.24, 2.45) is 0 Å². The van der Waals surface area contributed by atoms with Crippen LogP contribution in [-0.4, -0.2) is 6.04 Å². The second-order valence-corrected chi connectivity index (χ2v) is 3.66. The predicted molar refractivity (Wildman–Crippen MR) is 58.8 cm³/mol. The minimum Gasteiger partial charge on any atom is -0.380 e. The van der Waals surface area contributed by atoms with Crippen LogP contribution < -0.4 is 5.32 Å². The van der Waals surface area contributed by atoms with E-state index in [2.05, 4.69) is 11.9 Å². The lowest BCUT2D eigenvalue weighted by molar-refractivity contribution is 0.496. The highest BCUT2D eigenvalue weighted by atomic mass is 19.2. The van der Waals surface area contributed by atoms with E-state index in [0.717, 1.165) is 18.9 Å². The van der Waals surface area contributed by atoms with Gasteiger partial charge >= 0.3 is 0 Å². The molecule has 1 rings (SSSR count). The Labute approximate surface area is 93.0 Å². The Hall–Kier alpha value is -1.45. The third-order valence-corrected chi connectivity index (χ3v) is 2.20. The largest absolute Gasteiger partial charge is 0.380 e. The van der Waals surface area contributed by atoms with Crippen molar-refractivity contribution in [2.75, 3.05) is 5.32 Å². The topological polar surface area (TPSA) is 12.0 Å². The van der Waals surface area contributed by atoms with Crippen LogP contribution in [0.25, 0.3) is 0 Å². The van der Waals surface area contributed by atoms with Crippen molar-refractivity contribution in [3.05, 3.63) is 42.2 Å². The molecule has 0 aromatic heterocycles. The standard InChI is InChI=1S/C12H14F3N/c1-3-4-5-8(2)16-11-7-9(13)6-10(14)12(11)15/h3,6-8,16H,1,4-5H2,2H3. The van der Waals surface area contributed by atoms with Crippen molar-refractivity contribution < 1.29 is 13.2 Å². The number of halogens is 3. The van der Waals surface area contributed by atoms with Crippen molar-refractivity contribution in [3.8, 4) is 0 Å². The minimum absolute atomic E-state index is 0.0753. The summed E-state index contributed by atoms with van der Waals surface area (Å²) in [5.41, 5.74) is -0.144. The first-order valence-corrected chi connectivity index (χ1v) is 5.06. The lowest BCUT2D eigenvalue weighted by atomic mass is 10.1. The zero-order valence-electron chi connectivity index (χ0n) is 9.06. The van der Waals surface area contributed by atoms with Crippen LogP contribution in [0.4, 0.5) is 18.9 Å². The molecule has 1 aromatic rings. The smallest absolute Gasteiger partial charge is 0.182 e. The van der Waals surface area contributed by atoms with Gasteiger partial charge in [-0.2, -0.15) is 0 Å². The van der Waals surface area contributed by atoms with Crippen LogP contribution in [0.15, 0.2) is 24.8 Å². The van der Waals surface area contributed by atoms with Gasteiger partial charge in [0.25, 0.3) is 0 Å². The lowest BCUT2D eigenvalue weighted by Gasteiger charge is -2.15. The van der Waals surface area contributed by atoms with Crippen LogP contribution >= 0.6 is 0 Å². The third kappa shape index (κ3) is 3.29. The maximum absolute atomic E-state index is 13.2. The molecule has 1 nitrogen and oxygen atoms in total. The highest BCUT2D eigenvalue weighted by Gasteiger charge is 2.12. The van der Waals surface area contributed by atoms with Gasteiger partial charge in [0, 0.05) is 18.2 Å². The quantitative estimate of drug-likeness (QED) is 0.597. The molecule has 1 atom stereocenters. The fourth-order valence-corrected chi connectivity index (χ4v) is 1.37. The summed E-state index contributed by atoms with van der Waals surface area (Å²) in [7, 11) is 0. The summed E-state index contributed by atoms with van der Waals surface area (Å²) in [4.78, 5) is 0. The molecule has 1 aromatic carbocycles. The Kier molecular flexibility index (Phi) is 4.40. The highest BCUT2D eigenvalue weighted by Crippen LogP contribution is 2.20. The van der Waals surface area contributed by atoms with Crippen LogP contribution in [0.5, 0.6) is 0 Å². The molecule has 0 saturated heterocycles. The molecule has 0 bridgehead atoms. The van der Waals surface area contributed by atoms with Crippen LogP contribution in [0, 0.1) is 17.5 Å². The molecule has 0 amide bonds. The monoisotopic (exact) mass is 229 g/mol. The number of rotatable bonds is 5. The number of allylic oxidation sites excluding steroid dienone is 1. The molecule has 0 radical (unpaired) electrons. The molecule has 1 N–H and O–H groups in total. The number of benzene rings is 1. The molecule has 0 aliphatic carbocycles. The zero-order valence-corrected chi connectivity index (χ0v) is 9.06. The van der Waals surface area contributed by atoms with E-state index in [-0.39, 0.29) is 11.7 Å². The van der Waals surface area contributed by atoms with Gasteiger partial charge in [0.15, 0.2) is 11.6 Å². The summed E-state index contributed by atoms with van der Waals surface area (Å²) >= 11 is 0. The summed E-state index contributed by atoms with van der Waals surface area (Å²) in [5.74, 6) is -3.03. The van der Waals surface area contributed by atoms with Crippen molar-refractivity contribution in [1.29, 1.82) is 0 Å². The Bertz CT molecular complexity index is 377. The van der Waals surface area contributed by atoms with E-state index in [9.17, 15) is 13.2 Å². The van der Waals surface area contributed by atoms with Crippen molar-refractivity contribution >= 4 is 5.69 Å². The molecule has 0 fully saturated rings. The summed E-state index contributed by atoms with van der Waals surface area (Å²) in [6, 6.07) is 1.39. The maximum atomic E-state index is 13.2. The first-order valence-electron chi connectivity index (χ1n) is 5.06. The fraction of sp³-hybridized carbons (Fsp3) is 0.333. The van der Waals surface area contributed by atoms with Gasteiger partial charge < -0.3 is 5.32 Å². The van der Waals surface area contributed by atoms with Crippen LogP contribution in [-0.2, 0) is 0 Å². The first kappa shape index (κ1) is 12.6. The molecular weight excluding hydrogens is 215 g/mol. The second kappa shape index (κ2) is 5.58. The molecule has 0 spiro atoms. The van der Waals surface area contributed by atoms with Crippen LogP contribution in [0.1, 0.15) is 19.8 Å². The number of anilines is 1. The van der Waals surface area contributed by atoms with E-state index in [1.807, 2.05) is 6.92 Å². The molecule has 0 saturated carbocycles. The number of hydrogen-bond donors (Lipinski definition) is 1. The van der Waals surface area contributed by atoms with Gasteiger partial charge in [-0.3, -0.25) is 0 Å². The van der Waals surface area contributed by atoms with Gasteiger partial charge in [0.2, 0.25) is 0 Å². The normalized spacial score (nSPS) is 12.2. The predicted octanol–water partition coefficient (Wildman–Crippen LogP) is 3.87. The van der Waals surface area contributed by atoms with Gasteiger partial charge in [-0.15, -0.1) is 6.58 Å². The van der Waals surface area contributed by atoms with Gasteiger partial charge in [-0.1, -0.05) is 6.08 Å². The maximum Gasteiger partial charge on any atom is 0.182 e. The minimum atomic E-state index is -1.18. The Morgan fingerprint density at radius 3 is 2.69 bits per heavy atom. The molecule has 0 heterocycles. The Morgan fingerprint density at radius 2 is 2.06 bits per heavy atom.